The van der Waals surface area contributed by atoms with Crippen molar-refractivity contribution >= 4 is 44.4 Å². The first-order valence-electron chi connectivity index (χ1n) is 5.84. The van der Waals surface area contributed by atoms with Gasteiger partial charge in [0, 0.05) is 15.9 Å². The molecule has 5 heteroatoms. The summed E-state index contributed by atoms with van der Waals surface area (Å²) in [6.07, 6.45) is 0. The Labute approximate surface area is 123 Å². The van der Waals surface area contributed by atoms with E-state index in [1.807, 2.05) is 42.5 Å². The summed E-state index contributed by atoms with van der Waals surface area (Å²) in [6.45, 7) is 0. The maximum Gasteiger partial charge on any atom is 0.166 e. The van der Waals surface area contributed by atoms with E-state index in [4.69, 9.17) is 5.73 Å². The Hall–Kier alpha value is -1.46. The number of hydrogen-bond donors (Lipinski definition) is 2. The SMILES string of the molecule is Nc1cc(Br)ccc1CSc1nc2ccccc2[nH]1. The average molecular weight is 334 g/mol. The number of halogens is 1. The molecule has 0 unspecified atom stereocenters. The molecule has 96 valence electrons. The van der Waals surface area contributed by atoms with Crippen LogP contribution in [-0.2, 0) is 5.75 Å². The molecule has 0 saturated carbocycles. The summed E-state index contributed by atoms with van der Waals surface area (Å²) in [6, 6.07) is 14.0. The van der Waals surface area contributed by atoms with Crippen LogP contribution < -0.4 is 5.73 Å². The van der Waals surface area contributed by atoms with Gasteiger partial charge in [0.05, 0.1) is 11.0 Å². The monoisotopic (exact) mass is 333 g/mol. The minimum absolute atomic E-state index is 0.804. The van der Waals surface area contributed by atoms with Crippen molar-refractivity contribution in [3.05, 3.63) is 52.5 Å². The van der Waals surface area contributed by atoms with Gasteiger partial charge in [-0.1, -0.05) is 45.9 Å². The van der Waals surface area contributed by atoms with Crippen molar-refractivity contribution < 1.29 is 0 Å². The lowest BCUT2D eigenvalue weighted by Gasteiger charge is -2.04. The number of aromatic nitrogens is 2. The highest BCUT2D eigenvalue weighted by molar-refractivity contribution is 9.10. The molecule has 3 aromatic rings. The van der Waals surface area contributed by atoms with E-state index in [1.165, 1.54) is 0 Å². The number of imidazole rings is 1. The molecule has 0 aliphatic carbocycles. The van der Waals surface area contributed by atoms with E-state index in [9.17, 15) is 0 Å². The molecule has 3 rings (SSSR count). The van der Waals surface area contributed by atoms with Crippen LogP contribution in [0.1, 0.15) is 5.56 Å². The number of anilines is 1. The first kappa shape index (κ1) is 12.6. The zero-order chi connectivity index (χ0) is 13.2. The van der Waals surface area contributed by atoms with Gasteiger partial charge in [-0.2, -0.15) is 0 Å². The highest BCUT2D eigenvalue weighted by Gasteiger charge is 2.05. The molecule has 0 fully saturated rings. The number of nitrogen functional groups attached to an aromatic ring is 1. The predicted octanol–water partition coefficient (Wildman–Crippen LogP) is 4.20. The van der Waals surface area contributed by atoms with Crippen LogP contribution in [0.4, 0.5) is 5.69 Å². The molecule has 1 aromatic heterocycles. The highest BCUT2D eigenvalue weighted by Crippen LogP contribution is 2.27. The molecule has 1 heterocycles. The second-order valence-electron chi connectivity index (χ2n) is 4.19. The fraction of sp³-hybridized carbons (Fsp3) is 0.0714. The van der Waals surface area contributed by atoms with Crippen LogP contribution in [0.5, 0.6) is 0 Å². The minimum Gasteiger partial charge on any atom is -0.398 e. The summed E-state index contributed by atoms with van der Waals surface area (Å²) in [5.74, 6) is 0.804. The van der Waals surface area contributed by atoms with Crippen molar-refractivity contribution in [2.75, 3.05) is 5.73 Å². The summed E-state index contributed by atoms with van der Waals surface area (Å²) in [5, 5.41) is 0.920. The van der Waals surface area contributed by atoms with Gasteiger partial charge in [-0.05, 0) is 29.8 Å². The second-order valence-corrected chi connectivity index (χ2v) is 6.07. The molecular formula is C14H12BrN3S. The quantitative estimate of drug-likeness (QED) is 0.557. The van der Waals surface area contributed by atoms with E-state index in [0.717, 1.165) is 37.7 Å². The van der Waals surface area contributed by atoms with Crippen molar-refractivity contribution in [1.82, 2.24) is 9.97 Å². The Bertz CT molecular complexity index is 691. The second kappa shape index (κ2) is 5.27. The van der Waals surface area contributed by atoms with Gasteiger partial charge < -0.3 is 10.7 Å². The maximum atomic E-state index is 5.99. The smallest absolute Gasteiger partial charge is 0.166 e. The molecule has 0 saturated heterocycles. The van der Waals surface area contributed by atoms with E-state index in [0.29, 0.717) is 0 Å². The fourth-order valence-corrected chi connectivity index (χ4v) is 3.12. The van der Waals surface area contributed by atoms with Crippen LogP contribution in [0.2, 0.25) is 0 Å². The van der Waals surface area contributed by atoms with Crippen molar-refractivity contribution in [3.63, 3.8) is 0 Å². The third-order valence-electron chi connectivity index (χ3n) is 2.84. The van der Waals surface area contributed by atoms with Gasteiger partial charge in [-0.3, -0.25) is 0 Å². The van der Waals surface area contributed by atoms with E-state index >= 15 is 0 Å². The Morgan fingerprint density at radius 2 is 2.05 bits per heavy atom. The molecule has 0 spiro atoms. The number of benzene rings is 2. The number of nitrogens with two attached hydrogens (primary N) is 1. The van der Waals surface area contributed by atoms with E-state index in [-0.39, 0.29) is 0 Å². The number of thioether (sulfide) groups is 1. The van der Waals surface area contributed by atoms with Crippen LogP contribution in [0.25, 0.3) is 11.0 Å². The summed E-state index contributed by atoms with van der Waals surface area (Å²) in [7, 11) is 0. The van der Waals surface area contributed by atoms with Gasteiger partial charge in [0.2, 0.25) is 0 Å². The summed E-state index contributed by atoms with van der Waals surface area (Å²) < 4.78 is 1.00. The molecule has 0 amide bonds. The lowest BCUT2D eigenvalue weighted by Crippen LogP contribution is -1.92. The molecular weight excluding hydrogens is 322 g/mol. The molecule has 0 bridgehead atoms. The normalized spacial score (nSPS) is 11.0. The maximum absolute atomic E-state index is 5.99. The Kier molecular flexibility index (Phi) is 3.48. The number of para-hydroxylation sites is 2. The van der Waals surface area contributed by atoms with Gasteiger partial charge in [-0.25, -0.2) is 4.98 Å². The number of hydrogen-bond acceptors (Lipinski definition) is 3. The molecule has 0 aliphatic rings. The third kappa shape index (κ3) is 2.77. The van der Waals surface area contributed by atoms with Gasteiger partial charge in [0.1, 0.15) is 0 Å². The largest absolute Gasteiger partial charge is 0.398 e. The van der Waals surface area contributed by atoms with Crippen molar-refractivity contribution in [1.29, 1.82) is 0 Å². The standard InChI is InChI=1S/C14H12BrN3S/c15-10-6-5-9(11(16)7-10)8-19-14-17-12-3-1-2-4-13(12)18-14/h1-7H,8,16H2,(H,17,18). The van der Waals surface area contributed by atoms with Gasteiger partial charge in [-0.15, -0.1) is 0 Å². The van der Waals surface area contributed by atoms with E-state index in [1.54, 1.807) is 11.8 Å². The summed E-state index contributed by atoms with van der Waals surface area (Å²) >= 11 is 5.07. The summed E-state index contributed by atoms with van der Waals surface area (Å²) in [5.41, 5.74) is 9.97. The molecule has 3 N–H and O–H groups in total. The van der Waals surface area contributed by atoms with Crippen LogP contribution in [0.3, 0.4) is 0 Å². The van der Waals surface area contributed by atoms with E-state index in [2.05, 4.69) is 25.9 Å². The Morgan fingerprint density at radius 1 is 1.21 bits per heavy atom. The number of nitrogens with one attached hydrogen (secondary N) is 1. The summed E-state index contributed by atoms with van der Waals surface area (Å²) in [4.78, 5) is 7.83. The fourth-order valence-electron chi connectivity index (χ4n) is 1.84. The number of fused-ring (bicyclic) bond motifs is 1. The molecule has 2 aromatic carbocycles. The van der Waals surface area contributed by atoms with Crippen LogP contribution in [0.15, 0.2) is 52.1 Å². The van der Waals surface area contributed by atoms with Crippen LogP contribution in [-0.4, -0.2) is 9.97 Å². The van der Waals surface area contributed by atoms with Crippen LogP contribution >= 0.6 is 27.7 Å². The molecule has 0 aliphatic heterocycles. The first-order valence-corrected chi connectivity index (χ1v) is 7.62. The Balaban J connectivity index is 1.78. The topological polar surface area (TPSA) is 54.7 Å². The highest BCUT2D eigenvalue weighted by atomic mass is 79.9. The lowest BCUT2D eigenvalue weighted by molar-refractivity contribution is 1.08. The van der Waals surface area contributed by atoms with Gasteiger partial charge in [0.15, 0.2) is 5.16 Å². The van der Waals surface area contributed by atoms with Gasteiger partial charge in [0.25, 0.3) is 0 Å². The Morgan fingerprint density at radius 3 is 2.84 bits per heavy atom. The van der Waals surface area contributed by atoms with E-state index < -0.39 is 0 Å². The lowest BCUT2D eigenvalue weighted by atomic mass is 10.2. The number of aromatic amines is 1. The molecule has 19 heavy (non-hydrogen) atoms. The predicted molar refractivity (Wildman–Crippen MR) is 84.2 cm³/mol. The number of nitrogens with zero attached hydrogens (tertiary/aromatic N) is 1. The minimum atomic E-state index is 0.804. The molecule has 3 nitrogen and oxygen atoms in total. The van der Waals surface area contributed by atoms with Crippen molar-refractivity contribution in [3.8, 4) is 0 Å². The van der Waals surface area contributed by atoms with Crippen LogP contribution in [0, 0.1) is 0 Å². The number of rotatable bonds is 3. The average Bonchev–Trinajstić information content (AvgIpc) is 2.80. The first-order chi connectivity index (χ1) is 9.22. The zero-order valence-corrected chi connectivity index (χ0v) is 12.5. The third-order valence-corrected chi connectivity index (χ3v) is 4.26. The number of H-pyrrole nitrogens is 1. The van der Waals surface area contributed by atoms with Gasteiger partial charge >= 0.3 is 0 Å². The molecule has 0 radical (unpaired) electrons. The van der Waals surface area contributed by atoms with Crippen molar-refractivity contribution in [2.45, 2.75) is 10.9 Å². The molecule has 0 atom stereocenters. The zero-order valence-electron chi connectivity index (χ0n) is 10.1. The van der Waals surface area contributed by atoms with Crippen molar-refractivity contribution in [2.24, 2.45) is 0 Å².